The highest BCUT2D eigenvalue weighted by Crippen LogP contribution is 2.24. The van der Waals surface area contributed by atoms with Gasteiger partial charge in [-0.1, -0.05) is 36.4 Å². The van der Waals surface area contributed by atoms with Crippen LogP contribution in [0.1, 0.15) is 31.1 Å². The molecule has 1 atom stereocenters. The molecular formula is C17H20N2O2. The zero-order chi connectivity index (χ0) is 15.2. The molecule has 0 aliphatic carbocycles. The predicted molar refractivity (Wildman–Crippen MR) is 85.1 cm³/mol. The van der Waals surface area contributed by atoms with Gasteiger partial charge in [0.15, 0.2) is 0 Å². The molecule has 3 N–H and O–H groups in total. The number of amides is 1. The third-order valence-electron chi connectivity index (χ3n) is 3.21. The number of hydrogen-bond acceptors (Lipinski definition) is 3. The molecule has 1 unspecified atom stereocenters. The SMILES string of the molecule is CC(=O)Nc1ccccc1CNc1ccccc1C(C)O. The first-order chi connectivity index (χ1) is 10.1. The fourth-order valence-corrected chi connectivity index (χ4v) is 2.20. The first-order valence-electron chi connectivity index (χ1n) is 6.94. The summed E-state index contributed by atoms with van der Waals surface area (Å²) in [5.41, 5.74) is 3.54. The Morgan fingerprint density at radius 1 is 1.10 bits per heavy atom. The number of para-hydroxylation sites is 2. The second kappa shape index (κ2) is 6.90. The molecule has 0 fully saturated rings. The predicted octanol–water partition coefficient (Wildman–Crippen LogP) is 3.31. The number of aliphatic hydroxyl groups is 1. The minimum absolute atomic E-state index is 0.0909. The molecular weight excluding hydrogens is 264 g/mol. The summed E-state index contributed by atoms with van der Waals surface area (Å²) in [6.07, 6.45) is -0.528. The summed E-state index contributed by atoms with van der Waals surface area (Å²) in [5.74, 6) is -0.0909. The highest BCUT2D eigenvalue weighted by Gasteiger charge is 2.08. The average molecular weight is 284 g/mol. The quantitative estimate of drug-likeness (QED) is 0.789. The Morgan fingerprint density at radius 3 is 2.38 bits per heavy atom. The van der Waals surface area contributed by atoms with E-state index in [9.17, 15) is 9.90 Å². The lowest BCUT2D eigenvalue weighted by Gasteiger charge is -2.15. The Bertz CT molecular complexity index is 624. The normalized spacial score (nSPS) is 11.8. The van der Waals surface area contributed by atoms with Gasteiger partial charge in [0, 0.05) is 30.4 Å². The van der Waals surface area contributed by atoms with Crippen LogP contribution in [0, 0.1) is 0 Å². The van der Waals surface area contributed by atoms with E-state index in [-0.39, 0.29) is 5.91 Å². The summed E-state index contributed by atoms with van der Waals surface area (Å²) in [5, 5.41) is 15.9. The Balaban J connectivity index is 2.15. The van der Waals surface area contributed by atoms with Crippen LogP contribution in [0.25, 0.3) is 0 Å². The number of hydrogen-bond donors (Lipinski definition) is 3. The molecule has 0 aliphatic rings. The van der Waals surface area contributed by atoms with E-state index in [2.05, 4.69) is 10.6 Å². The number of nitrogens with one attached hydrogen (secondary N) is 2. The Labute approximate surface area is 124 Å². The van der Waals surface area contributed by atoms with Crippen molar-refractivity contribution in [2.45, 2.75) is 26.5 Å². The fourth-order valence-electron chi connectivity index (χ4n) is 2.20. The number of carbonyl (C=O) groups is 1. The van der Waals surface area contributed by atoms with E-state index in [0.29, 0.717) is 6.54 Å². The lowest BCUT2D eigenvalue weighted by atomic mass is 10.1. The van der Waals surface area contributed by atoms with E-state index in [1.54, 1.807) is 6.92 Å². The van der Waals surface area contributed by atoms with Crippen LogP contribution in [0.5, 0.6) is 0 Å². The average Bonchev–Trinajstić information content (AvgIpc) is 2.46. The van der Waals surface area contributed by atoms with E-state index >= 15 is 0 Å². The van der Waals surface area contributed by atoms with Crippen molar-refractivity contribution in [3.8, 4) is 0 Å². The van der Waals surface area contributed by atoms with Gasteiger partial charge in [0.2, 0.25) is 5.91 Å². The lowest BCUT2D eigenvalue weighted by molar-refractivity contribution is -0.114. The largest absolute Gasteiger partial charge is 0.389 e. The first-order valence-corrected chi connectivity index (χ1v) is 6.94. The number of anilines is 2. The summed E-state index contributed by atoms with van der Waals surface area (Å²) in [6, 6.07) is 15.3. The van der Waals surface area contributed by atoms with Gasteiger partial charge in [0.25, 0.3) is 0 Å². The van der Waals surface area contributed by atoms with Crippen molar-refractivity contribution < 1.29 is 9.90 Å². The van der Waals surface area contributed by atoms with Gasteiger partial charge in [0.1, 0.15) is 0 Å². The van der Waals surface area contributed by atoms with E-state index in [0.717, 1.165) is 22.5 Å². The summed E-state index contributed by atoms with van der Waals surface area (Å²) in [6.45, 7) is 3.80. The van der Waals surface area contributed by atoms with Gasteiger partial charge in [-0.2, -0.15) is 0 Å². The maximum Gasteiger partial charge on any atom is 0.221 e. The smallest absolute Gasteiger partial charge is 0.221 e. The van der Waals surface area contributed by atoms with Crippen LogP contribution in [-0.2, 0) is 11.3 Å². The third-order valence-corrected chi connectivity index (χ3v) is 3.21. The first kappa shape index (κ1) is 15.1. The molecule has 0 heterocycles. The summed E-state index contributed by atoms with van der Waals surface area (Å²) in [4.78, 5) is 11.2. The monoisotopic (exact) mass is 284 g/mol. The topological polar surface area (TPSA) is 61.4 Å². The molecule has 4 heteroatoms. The molecule has 0 aromatic heterocycles. The molecule has 1 amide bonds. The van der Waals surface area contributed by atoms with Crippen LogP contribution in [0.15, 0.2) is 48.5 Å². The number of carbonyl (C=O) groups excluding carboxylic acids is 1. The molecule has 0 saturated heterocycles. The van der Waals surface area contributed by atoms with Gasteiger partial charge in [0.05, 0.1) is 6.10 Å². The Kier molecular flexibility index (Phi) is 4.95. The summed E-state index contributed by atoms with van der Waals surface area (Å²) >= 11 is 0. The molecule has 21 heavy (non-hydrogen) atoms. The van der Waals surface area contributed by atoms with Crippen LogP contribution in [0.3, 0.4) is 0 Å². The van der Waals surface area contributed by atoms with Crippen molar-refractivity contribution in [2.75, 3.05) is 10.6 Å². The van der Waals surface area contributed by atoms with Gasteiger partial charge in [-0.05, 0) is 24.6 Å². The second-order valence-electron chi connectivity index (χ2n) is 4.96. The van der Waals surface area contributed by atoms with Crippen molar-refractivity contribution in [1.82, 2.24) is 0 Å². The molecule has 0 spiro atoms. The zero-order valence-corrected chi connectivity index (χ0v) is 12.3. The zero-order valence-electron chi connectivity index (χ0n) is 12.3. The third kappa shape index (κ3) is 4.07. The second-order valence-corrected chi connectivity index (χ2v) is 4.96. The maximum absolute atomic E-state index is 11.2. The summed E-state index contributed by atoms with van der Waals surface area (Å²) in [7, 11) is 0. The molecule has 2 rings (SSSR count). The number of benzene rings is 2. The van der Waals surface area contributed by atoms with Crippen LogP contribution < -0.4 is 10.6 Å². The van der Waals surface area contributed by atoms with Crippen LogP contribution >= 0.6 is 0 Å². The lowest BCUT2D eigenvalue weighted by Crippen LogP contribution is -2.10. The molecule has 110 valence electrons. The Morgan fingerprint density at radius 2 is 1.71 bits per heavy atom. The maximum atomic E-state index is 11.2. The molecule has 2 aromatic carbocycles. The van der Waals surface area contributed by atoms with Gasteiger partial charge >= 0.3 is 0 Å². The van der Waals surface area contributed by atoms with Crippen molar-refractivity contribution >= 4 is 17.3 Å². The fraction of sp³-hybridized carbons (Fsp3) is 0.235. The molecule has 4 nitrogen and oxygen atoms in total. The van der Waals surface area contributed by atoms with Crippen LogP contribution in [0.2, 0.25) is 0 Å². The van der Waals surface area contributed by atoms with Crippen LogP contribution in [-0.4, -0.2) is 11.0 Å². The van der Waals surface area contributed by atoms with Gasteiger partial charge in [-0.3, -0.25) is 4.79 Å². The van der Waals surface area contributed by atoms with Gasteiger partial charge < -0.3 is 15.7 Å². The van der Waals surface area contributed by atoms with E-state index in [1.165, 1.54) is 6.92 Å². The van der Waals surface area contributed by atoms with E-state index in [4.69, 9.17) is 0 Å². The molecule has 0 radical (unpaired) electrons. The Hall–Kier alpha value is -2.33. The minimum Gasteiger partial charge on any atom is -0.389 e. The highest BCUT2D eigenvalue weighted by molar-refractivity contribution is 5.89. The van der Waals surface area contributed by atoms with Crippen LogP contribution in [0.4, 0.5) is 11.4 Å². The molecule has 0 aliphatic heterocycles. The van der Waals surface area contributed by atoms with Gasteiger partial charge in [-0.15, -0.1) is 0 Å². The standard InChI is InChI=1S/C17H20N2O2/c1-12(20)15-8-4-6-10-17(15)18-11-14-7-3-5-9-16(14)19-13(2)21/h3-10,12,18,20H,11H2,1-2H3,(H,19,21). The highest BCUT2D eigenvalue weighted by atomic mass is 16.3. The molecule has 2 aromatic rings. The van der Waals surface area contributed by atoms with Crippen molar-refractivity contribution in [3.63, 3.8) is 0 Å². The van der Waals surface area contributed by atoms with Crippen molar-refractivity contribution in [3.05, 3.63) is 59.7 Å². The van der Waals surface area contributed by atoms with Gasteiger partial charge in [-0.25, -0.2) is 0 Å². The van der Waals surface area contributed by atoms with Crippen molar-refractivity contribution in [2.24, 2.45) is 0 Å². The summed E-state index contributed by atoms with van der Waals surface area (Å²) < 4.78 is 0. The minimum atomic E-state index is -0.528. The molecule has 0 bridgehead atoms. The van der Waals surface area contributed by atoms with E-state index < -0.39 is 6.10 Å². The van der Waals surface area contributed by atoms with Crippen molar-refractivity contribution in [1.29, 1.82) is 0 Å². The number of rotatable bonds is 5. The number of aliphatic hydroxyl groups excluding tert-OH is 1. The molecule has 0 saturated carbocycles. The van der Waals surface area contributed by atoms with E-state index in [1.807, 2.05) is 48.5 Å².